The summed E-state index contributed by atoms with van der Waals surface area (Å²) in [7, 11) is 1.51. The number of carbonyl (C=O) groups excluding carboxylic acids is 3. The molecule has 0 saturated heterocycles. The van der Waals surface area contributed by atoms with Crippen LogP contribution < -0.4 is 16.0 Å². The lowest BCUT2D eigenvalue weighted by molar-refractivity contribution is -0.130. The number of carbonyl (C=O) groups is 3. The first-order valence-corrected chi connectivity index (χ1v) is 8.37. The van der Waals surface area contributed by atoms with Crippen molar-refractivity contribution in [3.63, 3.8) is 0 Å². The first kappa shape index (κ1) is 18.3. The number of amides is 3. The molecule has 130 valence electrons. The van der Waals surface area contributed by atoms with Crippen LogP contribution in [-0.2, 0) is 9.59 Å². The highest BCUT2D eigenvalue weighted by Crippen LogP contribution is 2.30. The number of anilines is 1. The largest absolute Gasteiger partial charge is 0.355 e. The van der Waals surface area contributed by atoms with Crippen LogP contribution in [0.5, 0.6) is 0 Å². The van der Waals surface area contributed by atoms with Crippen molar-refractivity contribution in [2.45, 2.75) is 44.6 Å². The summed E-state index contributed by atoms with van der Waals surface area (Å²) in [6.07, 6.45) is 4.04. The van der Waals surface area contributed by atoms with E-state index in [-0.39, 0.29) is 23.3 Å². The SMILES string of the molecule is CNC(=O)c1cc(NC(=O)C2(NC(C)=O)CCCCC2)ccc1Cl. The maximum Gasteiger partial charge on any atom is 0.252 e. The molecule has 0 bridgehead atoms. The fraction of sp³-hybridized carbons (Fsp3) is 0.471. The van der Waals surface area contributed by atoms with Gasteiger partial charge in [-0.25, -0.2) is 0 Å². The van der Waals surface area contributed by atoms with Gasteiger partial charge in [-0.05, 0) is 31.0 Å². The maximum atomic E-state index is 12.8. The highest BCUT2D eigenvalue weighted by Gasteiger charge is 2.40. The van der Waals surface area contributed by atoms with Crippen LogP contribution in [0.2, 0.25) is 5.02 Å². The summed E-state index contributed by atoms with van der Waals surface area (Å²) in [5.74, 6) is -0.817. The topological polar surface area (TPSA) is 87.3 Å². The van der Waals surface area contributed by atoms with Crippen LogP contribution in [0.25, 0.3) is 0 Å². The van der Waals surface area contributed by atoms with E-state index in [4.69, 9.17) is 11.6 Å². The molecule has 6 nitrogen and oxygen atoms in total. The number of hydrogen-bond donors (Lipinski definition) is 3. The van der Waals surface area contributed by atoms with Crippen molar-refractivity contribution in [2.24, 2.45) is 0 Å². The molecule has 24 heavy (non-hydrogen) atoms. The molecule has 0 spiro atoms. The van der Waals surface area contributed by atoms with Gasteiger partial charge in [0.05, 0.1) is 10.6 Å². The number of benzene rings is 1. The van der Waals surface area contributed by atoms with Gasteiger partial charge in [-0.15, -0.1) is 0 Å². The second-order valence-corrected chi connectivity index (χ2v) is 6.46. The van der Waals surface area contributed by atoms with Crippen LogP contribution in [-0.4, -0.2) is 30.3 Å². The fourth-order valence-corrected chi connectivity index (χ4v) is 3.27. The Bertz CT molecular complexity index is 654. The van der Waals surface area contributed by atoms with Gasteiger partial charge in [-0.1, -0.05) is 30.9 Å². The second kappa shape index (κ2) is 7.66. The zero-order valence-corrected chi connectivity index (χ0v) is 14.6. The van der Waals surface area contributed by atoms with Crippen molar-refractivity contribution in [1.82, 2.24) is 10.6 Å². The Labute approximate surface area is 146 Å². The van der Waals surface area contributed by atoms with E-state index in [1.54, 1.807) is 12.1 Å². The van der Waals surface area contributed by atoms with Crippen LogP contribution >= 0.6 is 11.6 Å². The predicted octanol–water partition coefficient (Wildman–Crippen LogP) is 2.48. The zero-order valence-electron chi connectivity index (χ0n) is 13.9. The number of hydrogen-bond acceptors (Lipinski definition) is 3. The minimum atomic E-state index is -0.892. The van der Waals surface area contributed by atoms with E-state index < -0.39 is 5.54 Å². The van der Waals surface area contributed by atoms with Gasteiger partial charge in [0.1, 0.15) is 5.54 Å². The van der Waals surface area contributed by atoms with Crippen molar-refractivity contribution >= 4 is 35.0 Å². The minimum absolute atomic E-state index is 0.228. The highest BCUT2D eigenvalue weighted by atomic mass is 35.5. The minimum Gasteiger partial charge on any atom is -0.355 e. The Morgan fingerprint density at radius 2 is 1.79 bits per heavy atom. The molecule has 1 aromatic rings. The fourth-order valence-electron chi connectivity index (χ4n) is 3.06. The Balaban J connectivity index is 2.23. The van der Waals surface area contributed by atoms with Gasteiger partial charge in [-0.3, -0.25) is 14.4 Å². The summed E-state index contributed by atoms with van der Waals surface area (Å²) in [5.41, 5.74) is -0.135. The van der Waals surface area contributed by atoms with Crippen LogP contribution in [0.4, 0.5) is 5.69 Å². The van der Waals surface area contributed by atoms with Crippen molar-refractivity contribution < 1.29 is 14.4 Å². The van der Waals surface area contributed by atoms with Gasteiger partial charge in [-0.2, -0.15) is 0 Å². The Morgan fingerprint density at radius 1 is 1.12 bits per heavy atom. The first-order chi connectivity index (χ1) is 11.4. The molecule has 1 aliphatic rings. The molecular formula is C17H22ClN3O3. The quantitative estimate of drug-likeness (QED) is 0.778. The average molecular weight is 352 g/mol. The molecule has 0 atom stereocenters. The van der Waals surface area contributed by atoms with E-state index in [1.165, 1.54) is 20.0 Å². The molecule has 0 heterocycles. The number of rotatable bonds is 4. The van der Waals surface area contributed by atoms with Crippen LogP contribution in [0.3, 0.4) is 0 Å². The molecule has 0 radical (unpaired) electrons. The van der Waals surface area contributed by atoms with Crippen LogP contribution in [0.15, 0.2) is 18.2 Å². The first-order valence-electron chi connectivity index (χ1n) is 8.00. The smallest absolute Gasteiger partial charge is 0.252 e. The van der Waals surface area contributed by atoms with Crippen molar-refractivity contribution in [2.75, 3.05) is 12.4 Å². The van der Waals surface area contributed by atoms with E-state index in [0.29, 0.717) is 23.6 Å². The standard InChI is InChI=1S/C17H22ClN3O3/c1-11(22)21-17(8-4-3-5-9-17)16(24)20-12-6-7-14(18)13(10-12)15(23)19-2/h6-7,10H,3-5,8-9H2,1-2H3,(H,19,23)(H,20,24)(H,21,22). The van der Waals surface area contributed by atoms with E-state index in [9.17, 15) is 14.4 Å². The van der Waals surface area contributed by atoms with Gasteiger partial charge >= 0.3 is 0 Å². The van der Waals surface area contributed by atoms with E-state index in [0.717, 1.165) is 19.3 Å². The molecule has 1 saturated carbocycles. The molecule has 3 N–H and O–H groups in total. The van der Waals surface area contributed by atoms with Gasteiger partial charge in [0.2, 0.25) is 11.8 Å². The number of halogens is 1. The summed E-state index contributed by atoms with van der Waals surface area (Å²) in [6, 6.07) is 4.73. The lowest BCUT2D eigenvalue weighted by Crippen LogP contribution is -2.57. The molecule has 7 heteroatoms. The molecule has 0 unspecified atom stereocenters. The molecule has 0 aliphatic heterocycles. The zero-order chi connectivity index (χ0) is 17.7. The molecule has 1 aromatic carbocycles. The molecule has 3 amide bonds. The molecule has 1 aliphatic carbocycles. The Morgan fingerprint density at radius 3 is 2.38 bits per heavy atom. The van der Waals surface area contributed by atoms with Gasteiger partial charge < -0.3 is 16.0 Å². The van der Waals surface area contributed by atoms with Crippen molar-refractivity contribution in [1.29, 1.82) is 0 Å². The van der Waals surface area contributed by atoms with Gasteiger partial charge in [0, 0.05) is 19.7 Å². The van der Waals surface area contributed by atoms with Crippen LogP contribution in [0.1, 0.15) is 49.4 Å². The predicted molar refractivity (Wildman–Crippen MR) is 93.1 cm³/mol. The molecule has 0 aromatic heterocycles. The van der Waals surface area contributed by atoms with Crippen molar-refractivity contribution in [3.05, 3.63) is 28.8 Å². The summed E-state index contributed by atoms with van der Waals surface area (Å²) < 4.78 is 0. The Hall–Kier alpha value is -2.08. The van der Waals surface area contributed by atoms with Crippen molar-refractivity contribution in [3.8, 4) is 0 Å². The van der Waals surface area contributed by atoms with E-state index in [1.807, 2.05) is 0 Å². The normalized spacial score (nSPS) is 16.1. The molecule has 1 fully saturated rings. The summed E-state index contributed by atoms with van der Waals surface area (Å²) in [6.45, 7) is 1.41. The third kappa shape index (κ3) is 4.06. The van der Waals surface area contributed by atoms with Gasteiger partial charge in [0.15, 0.2) is 0 Å². The molecular weight excluding hydrogens is 330 g/mol. The average Bonchev–Trinajstić information content (AvgIpc) is 2.56. The molecule has 2 rings (SSSR count). The third-order valence-corrected chi connectivity index (χ3v) is 4.58. The Kier molecular flexibility index (Phi) is 5.83. The summed E-state index contributed by atoms with van der Waals surface area (Å²) in [4.78, 5) is 36.2. The summed E-state index contributed by atoms with van der Waals surface area (Å²) in [5, 5.41) is 8.44. The second-order valence-electron chi connectivity index (χ2n) is 6.05. The number of nitrogens with one attached hydrogen (secondary N) is 3. The van der Waals surface area contributed by atoms with Crippen LogP contribution in [0, 0.1) is 0 Å². The van der Waals surface area contributed by atoms with E-state index in [2.05, 4.69) is 16.0 Å². The lowest BCUT2D eigenvalue weighted by Gasteiger charge is -2.36. The lowest BCUT2D eigenvalue weighted by atomic mass is 9.80. The van der Waals surface area contributed by atoms with Gasteiger partial charge in [0.25, 0.3) is 5.91 Å². The summed E-state index contributed by atoms with van der Waals surface area (Å²) >= 11 is 6.02. The maximum absolute atomic E-state index is 12.8. The highest BCUT2D eigenvalue weighted by molar-refractivity contribution is 6.34. The monoisotopic (exact) mass is 351 g/mol. The third-order valence-electron chi connectivity index (χ3n) is 4.25. The van der Waals surface area contributed by atoms with E-state index >= 15 is 0 Å².